The Hall–Kier alpha value is -3.73. The van der Waals surface area contributed by atoms with Gasteiger partial charge in [0.25, 0.3) is 0 Å². The van der Waals surface area contributed by atoms with E-state index in [1.54, 1.807) is 38.5 Å². The highest BCUT2D eigenvalue weighted by molar-refractivity contribution is 6.02. The minimum absolute atomic E-state index is 0.241. The van der Waals surface area contributed by atoms with Crippen LogP contribution in [0.5, 0.6) is 23.0 Å². The number of methoxy groups -OCH3 is 2. The third-order valence-corrected chi connectivity index (χ3v) is 4.23. The summed E-state index contributed by atoms with van der Waals surface area (Å²) < 4.78 is 16.3. The van der Waals surface area contributed by atoms with Crippen LogP contribution in [0.15, 0.2) is 72.8 Å². The molecular formula is C24H23NO4. The van der Waals surface area contributed by atoms with Gasteiger partial charge in [0.05, 0.1) is 14.2 Å². The van der Waals surface area contributed by atoms with Gasteiger partial charge in [0, 0.05) is 23.4 Å². The number of carbonyl (C=O) groups is 1. The van der Waals surface area contributed by atoms with Crippen molar-refractivity contribution in [1.82, 2.24) is 0 Å². The first-order valence-electron chi connectivity index (χ1n) is 9.13. The molecule has 5 heteroatoms. The van der Waals surface area contributed by atoms with E-state index < -0.39 is 0 Å². The number of ether oxygens (including phenoxy) is 3. The maximum Gasteiger partial charge on any atom is 0.248 e. The number of aryl methyl sites for hydroxylation is 1. The number of hydrogen-bond donors (Lipinski definition) is 1. The number of anilines is 1. The van der Waals surface area contributed by atoms with Crippen molar-refractivity contribution in [3.8, 4) is 23.0 Å². The first kappa shape index (κ1) is 20.0. The van der Waals surface area contributed by atoms with Gasteiger partial charge in [0.15, 0.2) is 0 Å². The molecule has 0 saturated carbocycles. The summed E-state index contributed by atoms with van der Waals surface area (Å²) in [7, 11) is 3.17. The second kappa shape index (κ2) is 9.46. The smallest absolute Gasteiger partial charge is 0.248 e. The summed E-state index contributed by atoms with van der Waals surface area (Å²) in [6.45, 7) is 2.03. The van der Waals surface area contributed by atoms with Gasteiger partial charge in [0.2, 0.25) is 5.91 Å². The van der Waals surface area contributed by atoms with E-state index in [1.807, 2.05) is 55.5 Å². The molecule has 148 valence electrons. The SMILES string of the molecule is COc1ccc(/C=C/C(=O)Nc2ccc(Oc3ccc(C)cc3)cc2)c(OC)c1. The Labute approximate surface area is 170 Å². The number of carbonyl (C=O) groups excluding carboxylic acids is 1. The van der Waals surface area contributed by atoms with E-state index in [-0.39, 0.29) is 5.91 Å². The lowest BCUT2D eigenvalue weighted by Crippen LogP contribution is -2.07. The van der Waals surface area contributed by atoms with Crippen LogP contribution in [0.1, 0.15) is 11.1 Å². The molecule has 3 rings (SSSR count). The molecule has 0 heterocycles. The van der Waals surface area contributed by atoms with Crippen LogP contribution in [0.25, 0.3) is 6.08 Å². The lowest BCUT2D eigenvalue weighted by molar-refractivity contribution is -0.111. The zero-order chi connectivity index (χ0) is 20.6. The third-order valence-electron chi connectivity index (χ3n) is 4.23. The molecule has 0 aliphatic carbocycles. The molecule has 0 radical (unpaired) electrons. The highest BCUT2D eigenvalue weighted by atomic mass is 16.5. The van der Waals surface area contributed by atoms with Crippen molar-refractivity contribution in [3.05, 3.63) is 83.9 Å². The minimum Gasteiger partial charge on any atom is -0.497 e. The zero-order valence-electron chi connectivity index (χ0n) is 16.6. The van der Waals surface area contributed by atoms with E-state index in [9.17, 15) is 4.79 Å². The molecule has 0 aromatic heterocycles. The molecule has 5 nitrogen and oxygen atoms in total. The van der Waals surface area contributed by atoms with Crippen molar-refractivity contribution < 1.29 is 19.0 Å². The van der Waals surface area contributed by atoms with Crippen LogP contribution in [0.3, 0.4) is 0 Å². The Morgan fingerprint density at radius 3 is 2.07 bits per heavy atom. The van der Waals surface area contributed by atoms with Crippen molar-refractivity contribution >= 4 is 17.7 Å². The van der Waals surface area contributed by atoms with E-state index in [1.165, 1.54) is 11.6 Å². The van der Waals surface area contributed by atoms with Gasteiger partial charge in [-0.25, -0.2) is 0 Å². The molecule has 0 aliphatic rings. The van der Waals surface area contributed by atoms with Gasteiger partial charge in [-0.3, -0.25) is 4.79 Å². The van der Waals surface area contributed by atoms with Crippen molar-refractivity contribution in [3.63, 3.8) is 0 Å². The fraction of sp³-hybridized carbons (Fsp3) is 0.125. The van der Waals surface area contributed by atoms with Gasteiger partial charge in [-0.1, -0.05) is 17.7 Å². The lowest BCUT2D eigenvalue weighted by atomic mass is 10.1. The number of benzene rings is 3. The Bertz CT molecular complexity index is 992. The predicted octanol–water partition coefficient (Wildman–Crippen LogP) is 5.46. The van der Waals surface area contributed by atoms with Crippen molar-refractivity contribution in [2.75, 3.05) is 19.5 Å². The summed E-state index contributed by atoms with van der Waals surface area (Å²) in [4.78, 5) is 12.2. The van der Waals surface area contributed by atoms with E-state index >= 15 is 0 Å². The minimum atomic E-state index is -0.241. The van der Waals surface area contributed by atoms with Gasteiger partial charge in [-0.05, 0) is 61.5 Å². The Kier molecular flexibility index (Phi) is 6.53. The largest absolute Gasteiger partial charge is 0.497 e. The van der Waals surface area contributed by atoms with Crippen LogP contribution in [-0.2, 0) is 4.79 Å². The highest BCUT2D eigenvalue weighted by Crippen LogP contribution is 2.26. The molecule has 0 aliphatic heterocycles. The summed E-state index contributed by atoms with van der Waals surface area (Å²) >= 11 is 0. The Morgan fingerprint density at radius 1 is 0.828 bits per heavy atom. The summed E-state index contributed by atoms with van der Waals surface area (Å²) in [5, 5.41) is 2.82. The second-order valence-electron chi connectivity index (χ2n) is 6.37. The number of nitrogens with one attached hydrogen (secondary N) is 1. The van der Waals surface area contributed by atoms with Gasteiger partial charge in [-0.15, -0.1) is 0 Å². The fourth-order valence-corrected chi connectivity index (χ4v) is 2.65. The summed E-state index contributed by atoms with van der Waals surface area (Å²) in [6, 6.07) is 20.5. The Morgan fingerprint density at radius 2 is 1.45 bits per heavy atom. The van der Waals surface area contributed by atoms with E-state index in [0.29, 0.717) is 22.9 Å². The van der Waals surface area contributed by atoms with Gasteiger partial charge >= 0.3 is 0 Å². The molecule has 0 spiro atoms. The Balaban J connectivity index is 1.60. The molecule has 0 unspecified atom stereocenters. The number of rotatable bonds is 7. The van der Waals surface area contributed by atoms with Gasteiger partial charge < -0.3 is 19.5 Å². The summed E-state index contributed by atoms with van der Waals surface area (Å²) in [5.74, 6) is 2.55. The van der Waals surface area contributed by atoms with Crippen molar-refractivity contribution in [1.29, 1.82) is 0 Å². The van der Waals surface area contributed by atoms with Crippen molar-refractivity contribution in [2.24, 2.45) is 0 Å². The van der Waals surface area contributed by atoms with Gasteiger partial charge in [0.1, 0.15) is 23.0 Å². The molecule has 0 saturated heterocycles. The molecule has 0 atom stereocenters. The fourth-order valence-electron chi connectivity index (χ4n) is 2.65. The molecule has 29 heavy (non-hydrogen) atoms. The second-order valence-corrected chi connectivity index (χ2v) is 6.37. The van der Waals surface area contributed by atoms with Crippen LogP contribution in [-0.4, -0.2) is 20.1 Å². The first-order chi connectivity index (χ1) is 14.1. The molecule has 3 aromatic rings. The maximum atomic E-state index is 12.2. The quantitative estimate of drug-likeness (QED) is 0.546. The molecule has 0 fully saturated rings. The topological polar surface area (TPSA) is 56.8 Å². The number of hydrogen-bond acceptors (Lipinski definition) is 4. The van der Waals surface area contributed by atoms with Crippen LogP contribution < -0.4 is 19.5 Å². The monoisotopic (exact) mass is 389 g/mol. The molecule has 3 aromatic carbocycles. The third kappa shape index (κ3) is 5.62. The average molecular weight is 389 g/mol. The molecule has 1 N–H and O–H groups in total. The number of amides is 1. The molecule has 0 bridgehead atoms. The predicted molar refractivity (Wildman–Crippen MR) is 115 cm³/mol. The first-order valence-corrected chi connectivity index (χ1v) is 9.13. The molecule has 1 amide bonds. The highest BCUT2D eigenvalue weighted by Gasteiger charge is 2.04. The maximum absolute atomic E-state index is 12.2. The van der Waals surface area contributed by atoms with E-state index in [2.05, 4.69) is 5.32 Å². The van der Waals surface area contributed by atoms with Crippen LogP contribution in [0, 0.1) is 6.92 Å². The van der Waals surface area contributed by atoms with Gasteiger partial charge in [-0.2, -0.15) is 0 Å². The standard InChI is InChI=1S/C24H23NO4/c1-17-4-10-20(11-5-17)29-21-13-8-19(9-14-21)25-24(26)15-7-18-6-12-22(27-2)16-23(18)28-3/h4-16H,1-3H3,(H,25,26)/b15-7+. The van der Waals surface area contributed by atoms with E-state index in [0.717, 1.165) is 11.3 Å². The zero-order valence-corrected chi connectivity index (χ0v) is 16.6. The lowest BCUT2D eigenvalue weighted by Gasteiger charge is -2.08. The summed E-state index contributed by atoms with van der Waals surface area (Å²) in [5.41, 5.74) is 2.64. The average Bonchev–Trinajstić information content (AvgIpc) is 2.75. The normalized spacial score (nSPS) is 10.6. The van der Waals surface area contributed by atoms with Crippen molar-refractivity contribution in [2.45, 2.75) is 6.92 Å². The van der Waals surface area contributed by atoms with Crippen LogP contribution in [0.4, 0.5) is 5.69 Å². The van der Waals surface area contributed by atoms with Crippen LogP contribution >= 0.6 is 0 Å². The van der Waals surface area contributed by atoms with Crippen LogP contribution in [0.2, 0.25) is 0 Å². The molecular weight excluding hydrogens is 366 g/mol. The summed E-state index contributed by atoms with van der Waals surface area (Å²) in [6.07, 6.45) is 3.16. The van der Waals surface area contributed by atoms with E-state index in [4.69, 9.17) is 14.2 Å².